The maximum atomic E-state index is 6.13. The van der Waals surface area contributed by atoms with Crippen molar-refractivity contribution in [2.75, 3.05) is 6.54 Å². The molecule has 19 heavy (non-hydrogen) atoms. The summed E-state index contributed by atoms with van der Waals surface area (Å²) in [7, 11) is 0. The Hall–Kier alpha value is -0.340. The minimum absolute atomic E-state index is 0.339. The first kappa shape index (κ1) is 15.1. The van der Waals surface area contributed by atoms with Crippen molar-refractivity contribution in [1.29, 1.82) is 0 Å². The Labute approximate surface area is 126 Å². The van der Waals surface area contributed by atoms with E-state index in [2.05, 4.69) is 54.0 Å². The van der Waals surface area contributed by atoms with Gasteiger partial charge in [0.05, 0.1) is 0 Å². The molecule has 0 saturated heterocycles. The summed E-state index contributed by atoms with van der Waals surface area (Å²) < 4.78 is 1.17. The lowest BCUT2D eigenvalue weighted by atomic mass is 9.65. The van der Waals surface area contributed by atoms with Crippen LogP contribution in [0.5, 0.6) is 0 Å². The van der Waals surface area contributed by atoms with Gasteiger partial charge in [-0.2, -0.15) is 0 Å². The van der Waals surface area contributed by atoms with Gasteiger partial charge in [0, 0.05) is 4.47 Å². The first-order chi connectivity index (χ1) is 9.04. The first-order valence-electron chi connectivity index (χ1n) is 7.49. The third-order valence-corrected chi connectivity index (χ3v) is 5.43. The Morgan fingerprint density at radius 1 is 1.32 bits per heavy atom. The molecular formula is C17H26BrN. The molecule has 0 aromatic heterocycles. The molecule has 0 atom stereocenters. The highest BCUT2D eigenvalue weighted by Gasteiger charge is 2.35. The molecule has 1 saturated carbocycles. The predicted molar refractivity (Wildman–Crippen MR) is 86.1 cm³/mol. The molecule has 106 valence electrons. The summed E-state index contributed by atoms with van der Waals surface area (Å²) in [6, 6.07) is 8.69. The molecule has 0 unspecified atom stereocenters. The zero-order valence-corrected chi connectivity index (χ0v) is 13.7. The minimum atomic E-state index is 0.339. The van der Waals surface area contributed by atoms with Crippen molar-refractivity contribution in [2.45, 2.75) is 46.0 Å². The molecule has 1 nitrogen and oxygen atoms in total. The van der Waals surface area contributed by atoms with E-state index >= 15 is 0 Å². The van der Waals surface area contributed by atoms with E-state index in [1.54, 1.807) is 0 Å². The molecule has 0 spiro atoms. The SMILES string of the molecule is CC(C)C1CCC(CN)(Cc2cccc(Br)c2)CC1. The summed E-state index contributed by atoms with van der Waals surface area (Å²) in [6.07, 6.45) is 6.41. The lowest BCUT2D eigenvalue weighted by Crippen LogP contribution is -2.37. The maximum absolute atomic E-state index is 6.13. The summed E-state index contributed by atoms with van der Waals surface area (Å²) >= 11 is 3.56. The van der Waals surface area contributed by atoms with Crippen molar-refractivity contribution in [2.24, 2.45) is 23.0 Å². The van der Waals surface area contributed by atoms with Gasteiger partial charge in [-0.15, -0.1) is 0 Å². The van der Waals surface area contributed by atoms with Crippen LogP contribution in [-0.4, -0.2) is 6.54 Å². The average Bonchev–Trinajstić information content (AvgIpc) is 2.39. The normalized spacial score (nSPS) is 27.7. The summed E-state index contributed by atoms with van der Waals surface area (Å²) in [5.74, 6) is 1.73. The van der Waals surface area contributed by atoms with Crippen LogP contribution in [0.3, 0.4) is 0 Å². The lowest BCUT2D eigenvalue weighted by molar-refractivity contribution is 0.132. The second-order valence-corrected chi connectivity index (χ2v) is 7.51. The topological polar surface area (TPSA) is 26.0 Å². The molecule has 2 rings (SSSR count). The Kier molecular flexibility index (Phi) is 5.08. The highest BCUT2D eigenvalue weighted by molar-refractivity contribution is 9.10. The molecule has 0 bridgehead atoms. The molecule has 1 aliphatic carbocycles. The molecule has 1 aromatic rings. The molecule has 2 heteroatoms. The monoisotopic (exact) mass is 323 g/mol. The van der Waals surface area contributed by atoms with Crippen LogP contribution in [0.25, 0.3) is 0 Å². The van der Waals surface area contributed by atoms with Gasteiger partial charge < -0.3 is 5.73 Å². The Morgan fingerprint density at radius 3 is 2.53 bits per heavy atom. The minimum Gasteiger partial charge on any atom is -0.330 e. The highest BCUT2D eigenvalue weighted by atomic mass is 79.9. The fourth-order valence-electron chi connectivity index (χ4n) is 3.45. The molecule has 1 aliphatic rings. The van der Waals surface area contributed by atoms with Crippen LogP contribution in [-0.2, 0) is 6.42 Å². The number of nitrogens with two attached hydrogens (primary N) is 1. The Morgan fingerprint density at radius 2 is 2.00 bits per heavy atom. The third-order valence-electron chi connectivity index (χ3n) is 4.93. The predicted octanol–water partition coefficient (Wildman–Crippen LogP) is 4.78. The van der Waals surface area contributed by atoms with E-state index in [1.807, 2.05) is 0 Å². The number of benzene rings is 1. The van der Waals surface area contributed by atoms with E-state index in [1.165, 1.54) is 35.7 Å². The Bertz CT molecular complexity index is 405. The van der Waals surface area contributed by atoms with Gasteiger partial charge in [0.25, 0.3) is 0 Å². The molecule has 0 aliphatic heterocycles. The van der Waals surface area contributed by atoms with Crippen LogP contribution >= 0.6 is 15.9 Å². The third kappa shape index (κ3) is 3.82. The summed E-state index contributed by atoms with van der Waals surface area (Å²) in [5.41, 5.74) is 7.89. The molecule has 2 N–H and O–H groups in total. The van der Waals surface area contributed by atoms with Crippen molar-refractivity contribution in [3.05, 3.63) is 34.3 Å². The molecule has 0 amide bonds. The van der Waals surface area contributed by atoms with Gasteiger partial charge in [0.15, 0.2) is 0 Å². The number of halogens is 1. The largest absolute Gasteiger partial charge is 0.330 e. The van der Waals surface area contributed by atoms with Crippen molar-refractivity contribution in [3.8, 4) is 0 Å². The lowest BCUT2D eigenvalue weighted by Gasteiger charge is -2.41. The fraction of sp³-hybridized carbons (Fsp3) is 0.647. The van der Waals surface area contributed by atoms with Crippen LogP contribution in [0.4, 0.5) is 0 Å². The van der Waals surface area contributed by atoms with Gasteiger partial charge in [0.1, 0.15) is 0 Å². The smallest absolute Gasteiger partial charge is 0.0177 e. The van der Waals surface area contributed by atoms with E-state index in [0.717, 1.165) is 24.8 Å². The van der Waals surface area contributed by atoms with E-state index in [4.69, 9.17) is 5.73 Å². The van der Waals surface area contributed by atoms with E-state index in [0.29, 0.717) is 5.41 Å². The van der Waals surface area contributed by atoms with E-state index in [9.17, 15) is 0 Å². The molecular weight excluding hydrogens is 298 g/mol. The van der Waals surface area contributed by atoms with Crippen molar-refractivity contribution in [1.82, 2.24) is 0 Å². The van der Waals surface area contributed by atoms with Gasteiger partial charge in [-0.3, -0.25) is 0 Å². The molecule has 0 radical (unpaired) electrons. The van der Waals surface area contributed by atoms with Crippen LogP contribution in [0.2, 0.25) is 0 Å². The van der Waals surface area contributed by atoms with Crippen molar-refractivity contribution >= 4 is 15.9 Å². The quantitative estimate of drug-likeness (QED) is 0.847. The molecule has 1 aromatic carbocycles. The second kappa shape index (κ2) is 6.41. The zero-order valence-electron chi connectivity index (χ0n) is 12.2. The summed E-state index contributed by atoms with van der Waals surface area (Å²) in [4.78, 5) is 0. The van der Waals surface area contributed by atoms with E-state index in [-0.39, 0.29) is 0 Å². The zero-order chi connectivity index (χ0) is 13.9. The van der Waals surface area contributed by atoms with Crippen LogP contribution < -0.4 is 5.73 Å². The number of hydrogen-bond acceptors (Lipinski definition) is 1. The van der Waals surface area contributed by atoms with Crippen LogP contribution in [0.15, 0.2) is 28.7 Å². The van der Waals surface area contributed by atoms with Crippen LogP contribution in [0.1, 0.15) is 45.1 Å². The molecule has 1 fully saturated rings. The van der Waals surface area contributed by atoms with Gasteiger partial charge >= 0.3 is 0 Å². The second-order valence-electron chi connectivity index (χ2n) is 6.59. The van der Waals surface area contributed by atoms with Gasteiger partial charge in [0.2, 0.25) is 0 Å². The van der Waals surface area contributed by atoms with E-state index < -0.39 is 0 Å². The van der Waals surface area contributed by atoms with Gasteiger partial charge in [-0.25, -0.2) is 0 Å². The Balaban J connectivity index is 2.04. The van der Waals surface area contributed by atoms with Crippen molar-refractivity contribution < 1.29 is 0 Å². The molecule has 0 heterocycles. The standard InChI is InChI=1S/C17H26BrN/c1-13(2)15-6-8-17(12-19,9-7-15)11-14-4-3-5-16(18)10-14/h3-5,10,13,15H,6-9,11-12,19H2,1-2H3. The first-order valence-corrected chi connectivity index (χ1v) is 8.28. The number of rotatable bonds is 4. The number of hydrogen-bond donors (Lipinski definition) is 1. The van der Waals surface area contributed by atoms with Crippen molar-refractivity contribution in [3.63, 3.8) is 0 Å². The van der Waals surface area contributed by atoms with Gasteiger partial charge in [-0.1, -0.05) is 41.9 Å². The van der Waals surface area contributed by atoms with Crippen LogP contribution in [0, 0.1) is 17.3 Å². The summed E-state index contributed by atoms with van der Waals surface area (Å²) in [6.45, 7) is 5.53. The highest BCUT2D eigenvalue weighted by Crippen LogP contribution is 2.43. The fourth-order valence-corrected chi connectivity index (χ4v) is 3.90. The average molecular weight is 324 g/mol. The summed E-state index contributed by atoms with van der Waals surface area (Å²) in [5, 5.41) is 0. The maximum Gasteiger partial charge on any atom is 0.0177 e. The van der Waals surface area contributed by atoms with Gasteiger partial charge in [-0.05, 0) is 73.6 Å².